The van der Waals surface area contributed by atoms with E-state index >= 15 is 0 Å². The molecule has 2 saturated heterocycles. The van der Waals surface area contributed by atoms with Crippen LogP contribution in [0.25, 0.3) is 21.5 Å². The molecule has 0 amide bonds. The van der Waals surface area contributed by atoms with Crippen LogP contribution in [0.15, 0.2) is 30.3 Å². The van der Waals surface area contributed by atoms with Crippen LogP contribution >= 0.6 is 11.3 Å². The number of para-hydroxylation sites is 1. The van der Waals surface area contributed by atoms with E-state index in [1.54, 1.807) is 11.3 Å². The van der Waals surface area contributed by atoms with E-state index in [0.717, 1.165) is 61.3 Å². The summed E-state index contributed by atoms with van der Waals surface area (Å²) in [5.74, 6) is 0. The van der Waals surface area contributed by atoms with E-state index in [4.69, 9.17) is 14.7 Å². The van der Waals surface area contributed by atoms with Crippen molar-refractivity contribution in [3.05, 3.63) is 41.6 Å². The van der Waals surface area contributed by atoms with Gasteiger partial charge in [-0.1, -0.05) is 29.5 Å². The Labute approximate surface area is 182 Å². The number of likely N-dealkylation sites (tertiary alicyclic amines) is 1. The molecule has 0 saturated carbocycles. The fourth-order valence-corrected chi connectivity index (χ4v) is 5.77. The van der Waals surface area contributed by atoms with Gasteiger partial charge >= 0.3 is 0 Å². The van der Waals surface area contributed by atoms with Gasteiger partial charge in [0.15, 0.2) is 5.13 Å². The summed E-state index contributed by atoms with van der Waals surface area (Å²) in [6, 6.07) is 11.5. The second-order valence-corrected chi connectivity index (χ2v) is 9.45. The SMILES string of the molecule is Cc1nc(N2CCOCC2)sc1-c1nc2ccccc2cc1CCN1CCC[C@H]1C. The number of morpholine rings is 1. The first-order chi connectivity index (χ1) is 14.7. The Bertz CT molecular complexity index is 1030. The number of aromatic nitrogens is 2. The topological polar surface area (TPSA) is 41.5 Å². The number of hydrogen-bond donors (Lipinski definition) is 0. The molecule has 0 N–H and O–H groups in total. The number of nitrogens with zero attached hydrogens (tertiary/aromatic N) is 4. The van der Waals surface area contributed by atoms with Crippen LogP contribution < -0.4 is 4.90 Å². The van der Waals surface area contributed by atoms with Crippen LogP contribution in [-0.4, -0.2) is 60.3 Å². The van der Waals surface area contributed by atoms with Crippen molar-refractivity contribution in [2.75, 3.05) is 44.3 Å². The molecule has 5 rings (SSSR count). The highest BCUT2D eigenvalue weighted by Crippen LogP contribution is 2.37. The molecule has 0 radical (unpaired) electrons. The van der Waals surface area contributed by atoms with E-state index < -0.39 is 0 Å². The molecule has 6 heteroatoms. The maximum absolute atomic E-state index is 5.52. The molecule has 3 aromatic rings. The van der Waals surface area contributed by atoms with Crippen molar-refractivity contribution in [3.8, 4) is 10.6 Å². The zero-order valence-corrected chi connectivity index (χ0v) is 18.7. The van der Waals surface area contributed by atoms with E-state index in [2.05, 4.69) is 54.0 Å². The van der Waals surface area contributed by atoms with Crippen molar-refractivity contribution in [1.29, 1.82) is 0 Å². The molecule has 1 atom stereocenters. The highest BCUT2D eigenvalue weighted by Gasteiger charge is 2.23. The average molecular weight is 423 g/mol. The first kappa shape index (κ1) is 19.9. The minimum Gasteiger partial charge on any atom is -0.378 e. The maximum Gasteiger partial charge on any atom is 0.186 e. The largest absolute Gasteiger partial charge is 0.378 e. The fourth-order valence-electron chi connectivity index (χ4n) is 4.63. The molecule has 5 nitrogen and oxygen atoms in total. The molecule has 0 aliphatic carbocycles. The van der Waals surface area contributed by atoms with Gasteiger partial charge in [0.25, 0.3) is 0 Å². The lowest BCUT2D eigenvalue weighted by Gasteiger charge is -2.26. The highest BCUT2D eigenvalue weighted by molar-refractivity contribution is 7.19. The summed E-state index contributed by atoms with van der Waals surface area (Å²) < 4.78 is 5.52. The van der Waals surface area contributed by atoms with Crippen molar-refractivity contribution in [2.45, 2.75) is 39.2 Å². The highest BCUT2D eigenvalue weighted by atomic mass is 32.1. The van der Waals surface area contributed by atoms with Gasteiger partial charge in [0.05, 0.1) is 35.0 Å². The second-order valence-electron chi connectivity index (χ2n) is 8.48. The third-order valence-corrected chi connectivity index (χ3v) is 7.67. The van der Waals surface area contributed by atoms with E-state index in [1.165, 1.54) is 35.2 Å². The third kappa shape index (κ3) is 3.96. The molecule has 158 valence electrons. The number of benzene rings is 1. The Hall–Kier alpha value is -2.02. The van der Waals surface area contributed by atoms with Gasteiger partial charge < -0.3 is 14.5 Å². The van der Waals surface area contributed by atoms with Gasteiger partial charge in [-0.15, -0.1) is 0 Å². The fraction of sp³-hybridized carbons (Fsp3) is 0.500. The summed E-state index contributed by atoms with van der Waals surface area (Å²) in [4.78, 5) is 16.2. The average Bonchev–Trinajstić information content (AvgIpc) is 3.37. The minimum absolute atomic E-state index is 0.694. The monoisotopic (exact) mass is 422 g/mol. The first-order valence-electron chi connectivity index (χ1n) is 11.1. The van der Waals surface area contributed by atoms with E-state index in [1.807, 2.05) is 0 Å². The van der Waals surface area contributed by atoms with E-state index in [9.17, 15) is 0 Å². The number of pyridine rings is 1. The summed E-state index contributed by atoms with van der Waals surface area (Å²) in [6.07, 6.45) is 3.67. The molecule has 4 heterocycles. The van der Waals surface area contributed by atoms with Gasteiger partial charge in [0.1, 0.15) is 0 Å². The molecule has 0 unspecified atom stereocenters. The maximum atomic E-state index is 5.52. The number of ether oxygens (including phenoxy) is 1. The number of aryl methyl sites for hydroxylation is 1. The lowest BCUT2D eigenvalue weighted by atomic mass is 10.0. The zero-order chi connectivity index (χ0) is 20.5. The molecular weight excluding hydrogens is 392 g/mol. The van der Waals surface area contributed by atoms with Crippen LogP contribution in [-0.2, 0) is 11.2 Å². The molecule has 2 fully saturated rings. The van der Waals surface area contributed by atoms with Gasteiger partial charge in [-0.25, -0.2) is 9.97 Å². The Morgan fingerprint density at radius 3 is 2.77 bits per heavy atom. The predicted octanol–water partition coefficient (Wildman–Crippen LogP) is 4.53. The Balaban J connectivity index is 1.51. The molecule has 2 aliphatic heterocycles. The summed E-state index contributed by atoms with van der Waals surface area (Å²) in [5, 5.41) is 2.32. The standard InChI is InChI=1S/C24H30N4OS/c1-17-6-5-10-27(17)11-9-20-16-19-7-3-4-8-21(19)26-22(20)23-18(2)25-24(30-23)28-12-14-29-15-13-28/h3-4,7-8,16-17H,5-6,9-15H2,1-2H3/t17-/m1/s1. The van der Waals surface area contributed by atoms with Gasteiger partial charge in [-0.3, -0.25) is 0 Å². The lowest BCUT2D eigenvalue weighted by molar-refractivity contribution is 0.122. The molecule has 2 aliphatic rings. The molecule has 30 heavy (non-hydrogen) atoms. The molecule has 2 aromatic heterocycles. The summed E-state index contributed by atoms with van der Waals surface area (Å²) >= 11 is 1.78. The Morgan fingerprint density at radius 2 is 1.97 bits per heavy atom. The van der Waals surface area contributed by atoms with Crippen molar-refractivity contribution in [2.24, 2.45) is 0 Å². The number of hydrogen-bond acceptors (Lipinski definition) is 6. The molecule has 0 spiro atoms. The predicted molar refractivity (Wildman–Crippen MR) is 125 cm³/mol. The molecule has 0 bridgehead atoms. The minimum atomic E-state index is 0.694. The van der Waals surface area contributed by atoms with Crippen LogP contribution in [0.4, 0.5) is 5.13 Å². The third-order valence-electron chi connectivity index (χ3n) is 6.44. The van der Waals surface area contributed by atoms with E-state index in [0.29, 0.717) is 6.04 Å². The van der Waals surface area contributed by atoms with Crippen LogP contribution in [0, 0.1) is 6.92 Å². The van der Waals surface area contributed by atoms with Crippen LogP contribution in [0.1, 0.15) is 31.0 Å². The lowest BCUT2D eigenvalue weighted by Crippen LogP contribution is -2.36. The number of rotatable bonds is 5. The number of fused-ring (bicyclic) bond motifs is 1. The van der Waals surface area contributed by atoms with Gasteiger partial charge in [-0.2, -0.15) is 0 Å². The smallest absolute Gasteiger partial charge is 0.186 e. The van der Waals surface area contributed by atoms with Gasteiger partial charge in [-0.05, 0) is 57.4 Å². The number of thiazole rings is 1. The van der Waals surface area contributed by atoms with Crippen LogP contribution in [0.2, 0.25) is 0 Å². The molecular formula is C24H30N4OS. The molecule has 1 aromatic carbocycles. The Kier molecular flexibility index (Phi) is 5.72. The van der Waals surface area contributed by atoms with E-state index in [-0.39, 0.29) is 0 Å². The quantitative estimate of drug-likeness (QED) is 0.604. The van der Waals surface area contributed by atoms with Crippen molar-refractivity contribution in [1.82, 2.24) is 14.9 Å². The summed E-state index contributed by atoms with van der Waals surface area (Å²) in [7, 11) is 0. The number of anilines is 1. The van der Waals surface area contributed by atoms with Crippen LogP contribution in [0.3, 0.4) is 0 Å². The van der Waals surface area contributed by atoms with Gasteiger partial charge in [0.2, 0.25) is 0 Å². The second kappa shape index (κ2) is 8.61. The normalized spacial score (nSPS) is 20.3. The summed E-state index contributed by atoms with van der Waals surface area (Å²) in [6.45, 7) is 10.2. The zero-order valence-electron chi connectivity index (χ0n) is 17.9. The Morgan fingerprint density at radius 1 is 1.13 bits per heavy atom. The summed E-state index contributed by atoms with van der Waals surface area (Å²) in [5.41, 5.74) is 4.61. The van der Waals surface area contributed by atoms with Gasteiger partial charge in [0, 0.05) is 31.1 Å². The van der Waals surface area contributed by atoms with Crippen molar-refractivity contribution < 1.29 is 4.74 Å². The van der Waals surface area contributed by atoms with Crippen molar-refractivity contribution in [3.63, 3.8) is 0 Å². The van der Waals surface area contributed by atoms with Crippen LogP contribution in [0.5, 0.6) is 0 Å². The van der Waals surface area contributed by atoms with Crippen molar-refractivity contribution >= 4 is 27.4 Å². The first-order valence-corrected chi connectivity index (χ1v) is 11.9.